The van der Waals surface area contributed by atoms with E-state index >= 15 is 0 Å². The fourth-order valence-corrected chi connectivity index (χ4v) is 3.10. The molecule has 0 atom stereocenters. The van der Waals surface area contributed by atoms with E-state index in [0.29, 0.717) is 10.3 Å². The number of halogens is 1. The monoisotopic (exact) mass is 317 g/mol. The molecule has 2 rings (SSSR count). The molecule has 1 aromatic carbocycles. The van der Waals surface area contributed by atoms with Crippen LogP contribution in [0.4, 0.5) is 6.01 Å². The van der Waals surface area contributed by atoms with E-state index in [0.717, 1.165) is 0 Å². The van der Waals surface area contributed by atoms with E-state index in [-0.39, 0.29) is 10.9 Å². The summed E-state index contributed by atoms with van der Waals surface area (Å²) in [4.78, 5) is 3.87. The Morgan fingerprint density at radius 1 is 1.35 bits per heavy atom. The lowest BCUT2D eigenvalue weighted by Gasteiger charge is -2.05. The second-order valence-corrected chi connectivity index (χ2v) is 5.69. The largest absolute Gasteiger partial charge is 0.335 e. The van der Waals surface area contributed by atoms with Crippen molar-refractivity contribution in [2.45, 2.75) is 11.8 Å². The molecule has 1 N–H and O–H groups in total. The summed E-state index contributed by atoms with van der Waals surface area (Å²) >= 11 is 3.16. The smallest absolute Gasteiger partial charge is 0.314 e. The molecule has 17 heavy (non-hydrogen) atoms. The molecule has 1 heterocycles. The highest BCUT2D eigenvalue weighted by Gasteiger charge is 2.19. The number of hydrogen-bond donors (Lipinski definition) is 1. The Kier molecular flexibility index (Phi) is 3.16. The molecule has 0 aliphatic heterocycles. The molecule has 0 aliphatic carbocycles. The lowest BCUT2D eigenvalue weighted by Crippen LogP contribution is -2.13. The molecule has 0 saturated heterocycles. The van der Waals surface area contributed by atoms with Crippen LogP contribution in [0.15, 0.2) is 38.2 Å². The van der Waals surface area contributed by atoms with Crippen LogP contribution in [0.3, 0.4) is 0 Å². The maximum atomic E-state index is 12.0. The summed E-state index contributed by atoms with van der Waals surface area (Å²) in [7, 11) is -3.72. The summed E-state index contributed by atoms with van der Waals surface area (Å²) in [5.74, 6) is 0.356. The average Bonchev–Trinajstić information content (AvgIpc) is 2.63. The molecule has 2 aromatic rings. The molecule has 1 aromatic heterocycles. The standard InChI is InChI=1S/C9H8BrN3O3S/c1-6-11-9(16-12-6)13-17(14,15)8-5-3-2-4-7(8)10/h2-5H,1H3,(H,11,12,13). The van der Waals surface area contributed by atoms with E-state index in [4.69, 9.17) is 4.52 Å². The van der Waals surface area contributed by atoms with Crippen LogP contribution in [0.1, 0.15) is 5.82 Å². The van der Waals surface area contributed by atoms with Crippen LogP contribution < -0.4 is 4.72 Å². The van der Waals surface area contributed by atoms with Crippen molar-refractivity contribution in [2.75, 3.05) is 4.72 Å². The molecule has 0 radical (unpaired) electrons. The zero-order chi connectivity index (χ0) is 12.5. The molecule has 8 heteroatoms. The topological polar surface area (TPSA) is 85.1 Å². The highest BCUT2D eigenvalue weighted by atomic mass is 79.9. The van der Waals surface area contributed by atoms with Gasteiger partial charge in [-0.2, -0.15) is 4.98 Å². The summed E-state index contributed by atoms with van der Waals surface area (Å²) in [5, 5.41) is 3.49. The quantitative estimate of drug-likeness (QED) is 0.935. The van der Waals surface area contributed by atoms with E-state index in [2.05, 4.69) is 30.8 Å². The minimum Gasteiger partial charge on any atom is -0.314 e. The van der Waals surface area contributed by atoms with Crippen molar-refractivity contribution in [3.63, 3.8) is 0 Å². The van der Waals surface area contributed by atoms with Crippen molar-refractivity contribution < 1.29 is 12.9 Å². The molecule has 0 fully saturated rings. The Labute approximate surface area is 106 Å². The highest BCUT2D eigenvalue weighted by Crippen LogP contribution is 2.22. The van der Waals surface area contributed by atoms with Gasteiger partial charge in [0.25, 0.3) is 10.0 Å². The number of hydrogen-bond acceptors (Lipinski definition) is 5. The Bertz CT molecular complexity index is 638. The molecule has 90 valence electrons. The second-order valence-electron chi connectivity index (χ2n) is 3.18. The van der Waals surface area contributed by atoms with Gasteiger partial charge < -0.3 is 4.52 Å². The maximum Gasteiger partial charge on any atom is 0.335 e. The van der Waals surface area contributed by atoms with Gasteiger partial charge >= 0.3 is 6.01 Å². The van der Waals surface area contributed by atoms with Gasteiger partial charge in [0.1, 0.15) is 4.90 Å². The van der Waals surface area contributed by atoms with Gasteiger partial charge in [0.15, 0.2) is 5.82 Å². The first kappa shape index (κ1) is 12.1. The van der Waals surface area contributed by atoms with Crippen LogP contribution in [-0.2, 0) is 10.0 Å². The number of nitrogens with one attached hydrogen (secondary N) is 1. The van der Waals surface area contributed by atoms with Gasteiger partial charge in [0.2, 0.25) is 0 Å². The molecule has 6 nitrogen and oxygen atoms in total. The predicted octanol–water partition coefficient (Wildman–Crippen LogP) is 1.94. The molecule has 0 unspecified atom stereocenters. The van der Waals surface area contributed by atoms with Gasteiger partial charge in [0.05, 0.1) is 0 Å². The Balaban J connectivity index is 2.35. The van der Waals surface area contributed by atoms with Crippen LogP contribution in [0.2, 0.25) is 0 Å². The third-order valence-electron chi connectivity index (χ3n) is 1.88. The Morgan fingerprint density at radius 2 is 2.06 bits per heavy atom. The molecule has 0 bridgehead atoms. The summed E-state index contributed by atoms with van der Waals surface area (Å²) < 4.78 is 31.3. The zero-order valence-corrected chi connectivity index (χ0v) is 11.1. The maximum absolute atomic E-state index is 12.0. The van der Waals surface area contributed by atoms with Crippen LogP contribution >= 0.6 is 15.9 Å². The van der Waals surface area contributed by atoms with Gasteiger partial charge in [-0.25, -0.2) is 13.1 Å². The number of benzene rings is 1. The summed E-state index contributed by atoms with van der Waals surface area (Å²) in [6.45, 7) is 1.60. The van der Waals surface area contributed by atoms with Crippen LogP contribution in [0.25, 0.3) is 0 Å². The van der Waals surface area contributed by atoms with Gasteiger partial charge in [-0.1, -0.05) is 17.3 Å². The molecule has 0 amide bonds. The number of anilines is 1. The normalized spacial score (nSPS) is 11.4. The number of nitrogens with zero attached hydrogens (tertiary/aromatic N) is 2. The molecular weight excluding hydrogens is 310 g/mol. The van der Waals surface area contributed by atoms with Gasteiger partial charge in [-0.15, -0.1) is 0 Å². The van der Waals surface area contributed by atoms with Gasteiger partial charge in [0, 0.05) is 4.47 Å². The SMILES string of the molecule is Cc1noc(NS(=O)(=O)c2ccccc2Br)n1. The third-order valence-corrected chi connectivity index (χ3v) is 4.21. The van der Waals surface area contributed by atoms with Crippen molar-refractivity contribution in [2.24, 2.45) is 0 Å². The fourth-order valence-electron chi connectivity index (χ4n) is 1.17. The van der Waals surface area contributed by atoms with E-state index in [1.807, 2.05) is 0 Å². The molecule has 0 saturated carbocycles. The Morgan fingerprint density at radius 3 is 2.65 bits per heavy atom. The van der Waals surface area contributed by atoms with Crippen molar-refractivity contribution in [3.8, 4) is 0 Å². The first-order valence-corrected chi connectivity index (χ1v) is 6.84. The van der Waals surface area contributed by atoms with Crippen molar-refractivity contribution in [3.05, 3.63) is 34.6 Å². The average molecular weight is 318 g/mol. The minimum absolute atomic E-state index is 0.107. The molecule has 0 spiro atoms. The first-order chi connectivity index (χ1) is 7.99. The predicted molar refractivity (Wildman–Crippen MR) is 64.0 cm³/mol. The third kappa shape index (κ3) is 2.64. The molecule has 0 aliphatic rings. The van der Waals surface area contributed by atoms with Crippen LogP contribution in [0, 0.1) is 6.92 Å². The number of rotatable bonds is 3. The summed E-state index contributed by atoms with van der Waals surface area (Å²) in [6, 6.07) is 6.29. The van der Waals surface area contributed by atoms with Crippen molar-refractivity contribution >= 4 is 32.0 Å². The van der Waals surface area contributed by atoms with Crippen molar-refractivity contribution in [1.82, 2.24) is 10.1 Å². The van der Waals surface area contributed by atoms with Crippen LogP contribution in [0.5, 0.6) is 0 Å². The van der Waals surface area contributed by atoms with E-state index in [1.54, 1.807) is 25.1 Å². The number of aromatic nitrogens is 2. The van der Waals surface area contributed by atoms with E-state index in [9.17, 15) is 8.42 Å². The van der Waals surface area contributed by atoms with E-state index in [1.165, 1.54) is 6.07 Å². The zero-order valence-electron chi connectivity index (χ0n) is 8.71. The lowest BCUT2D eigenvalue weighted by molar-refractivity contribution is 0.429. The highest BCUT2D eigenvalue weighted by molar-refractivity contribution is 9.10. The van der Waals surface area contributed by atoms with Gasteiger partial charge in [-0.3, -0.25) is 0 Å². The van der Waals surface area contributed by atoms with Crippen LogP contribution in [-0.4, -0.2) is 18.6 Å². The Hall–Kier alpha value is -1.41. The molecular formula is C9H8BrN3O3S. The van der Waals surface area contributed by atoms with Gasteiger partial charge in [-0.05, 0) is 35.0 Å². The first-order valence-electron chi connectivity index (χ1n) is 4.57. The lowest BCUT2D eigenvalue weighted by atomic mass is 10.4. The number of aryl methyl sites for hydroxylation is 1. The minimum atomic E-state index is -3.72. The fraction of sp³-hybridized carbons (Fsp3) is 0.111. The second kappa shape index (κ2) is 4.46. The summed E-state index contributed by atoms with van der Waals surface area (Å²) in [5.41, 5.74) is 0. The van der Waals surface area contributed by atoms with Crippen molar-refractivity contribution in [1.29, 1.82) is 0 Å². The summed E-state index contributed by atoms with van der Waals surface area (Å²) in [6.07, 6.45) is 0. The van der Waals surface area contributed by atoms with E-state index < -0.39 is 10.0 Å². The number of sulfonamides is 1.